The summed E-state index contributed by atoms with van der Waals surface area (Å²) in [6, 6.07) is 0.555. The second kappa shape index (κ2) is 14.4. The molecule has 0 aromatic heterocycles. The van der Waals surface area contributed by atoms with Gasteiger partial charge in [0.25, 0.3) is 0 Å². The Kier molecular flexibility index (Phi) is 12.0. The Bertz CT molecular complexity index is 954. The number of carbonyl (C=O) groups excluding carboxylic acids is 3. The first-order valence-electron chi connectivity index (χ1n) is 17.1. The van der Waals surface area contributed by atoms with Crippen molar-refractivity contribution in [2.75, 3.05) is 0 Å². The summed E-state index contributed by atoms with van der Waals surface area (Å²) in [5.74, 6) is -2.25. The highest BCUT2D eigenvalue weighted by atomic mass is 16.6. The van der Waals surface area contributed by atoms with E-state index in [0.717, 1.165) is 0 Å². The van der Waals surface area contributed by atoms with Crippen LogP contribution in [-0.4, -0.2) is 71.0 Å². The Morgan fingerprint density at radius 3 is 1.16 bits per heavy atom. The molecule has 254 valence electrons. The van der Waals surface area contributed by atoms with Crippen molar-refractivity contribution in [3.8, 4) is 0 Å². The first-order valence-corrected chi connectivity index (χ1v) is 17.1. The molecule has 3 heterocycles. The summed E-state index contributed by atoms with van der Waals surface area (Å²) < 4.78 is 18.1. The molecule has 3 aliphatic heterocycles. The summed E-state index contributed by atoms with van der Waals surface area (Å²) >= 11 is 0. The van der Waals surface area contributed by atoms with Crippen molar-refractivity contribution in [2.24, 2.45) is 23.7 Å². The summed E-state index contributed by atoms with van der Waals surface area (Å²) in [5.41, 5.74) is -0.651. The lowest BCUT2D eigenvalue weighted by Gasteiger charge is -2.43. The molecule has 0 amide bonds. The van der Waals surface area contributed by atoms with Crippen molar-refractivity contribution in [3.05, 3.63) is 0 Å². The van der Waals surface area contributed by atoms with E-state index in [-0.39, 0.29) is 53.1 Å². The van der Waals surface area contributed by atoms with Crippen LogP contribution in [0.1, 0.15) is 128 Å². The second-order valence-corrected chi connectivity index (χ2v) is 16.9. The van der Waals surface area contributed by atoms with E-state index in [2.05, 4.69) is 99.0 Å². The maximum absolute atomic E-state index is 13.8. The molecule has 9 heteroatoms. The molecule has 3 aliphatic rings. The van der Waals surface area contributed by atoms with Gasteiger partial charge < -0.3 is 30.2 Å². The quantitative estimate of drug-likeness (QED) is 0.170. The SMILES string of the molecule is CC(C)C1CC(OC(=O)CC(C(=O)OC2CC(C(C)C)NC(C)(C)C2)C(=O)OC2CC(C(C)C)NC(C)(C)C2)CC(C)(C)N1. The predicted molar refractivity (Wildman–Crippen MR) is 173 cm³/mol. The molecule has 0 aromatic carbocycles. The van der Waals surface area contributed by atoms with Crippen LogP contribution in [0.2, 0.25) is 0 Å². The Hall–Kier alpha value is -1.71. The summed E-state index contributed by atoms with van der Waals surface area (Å²) in [5, 5.41) is 10.9. The van der Waals surface area contributed by atoms with E-state index in [4.69, 9.17) is 14.2 Å². The molecule has 44 heavy (non-hydrogen) atoms. The van der Waals surface area contributed by atoms with Gasteiger partial charge in [-0.15, -0.1) is 0 Å². The first kappa shape index (κ1) is 36.8. The highest BCUT2D eigenvalue weighted by Gasteiger charge is 2.43. The molecule has 6 unspecified atom stereocenters. The zero-order valence-electron chi connectivity index (χ0n) is 29.7. The minimum absolute atomic E-state index is 0.175. The van der Waals surface area contributed by atoms with Gasteiger partial charge in [0.2, 0.25) is 0 Å². The van der Waals surface area contributed by atoms with Gasteiger partial charge in [-0.2, -0.15) is 0 Å². The minimum atomic E-state index is -1.37. The second-order valence-electron chi connectivity index (χ2n) is 16.9. The van der Waals surface area contributed by atoms with Crippen LogP contribution in [0.15, 0.2) is 0 Å². The summed E-state index contributed by atoms with van der Waals surface area (Å²) in [6.45, 7) is 25.5. The van der Waals surface area contributed by atoms with E-state index >= 15 is 0 Å². The Balaban J connectivity index is 1.78. The van der Waals surface area contributed by atoms with Crippen molar-refractivity contribution in [2.45, 2.75) is 181 Å². The van der Waals surface area contributed by atoms with Gasteiger partial charge in [-0.3, -0.25) is 14.4 Å². The zero-order chi connectivity index (χ0) is 33.2. The molecule has 3 N–H and O–H groups in total. The standard InChI is InChI=1S/C35H63N3O6/c1-20(2)27-13-23(17-33(7,8)36-27)42-30(39)16-26(31(40)43-24-14-28(21(3)4)37-34(9,10)18-24)32(41)44-25-15-29(22(5)6)38-35(11,12)19-25/h20-29,36-38H,13-19H2,1-12H3. The van der Waals surface area contributed by atoms with E-state index in [1.807, 2.05) is 0 Å². The fourth-order valence-electron chi connectivity index (χ4n) is 7.41. The van der Waals surface area contributed by atoms with E-state index in [0.29, 0.717) is 56.3 Å². The lowest BCUT2D eigenvalue weighted by atomic mass is 9.83. The third-order valence-corrected chi connectivity index (χ3v) is 9.71. The van der Waals surface area contributed by atoms with Gasteiger partial charge >= 0.3 is 17.9 Å². The van der Waals surface area contributed by atoms with Gasteiger partial charge in [0, 0.05) is 73.3 Å². The van der Waals surface area contributed by atoms with Crippen molar-refractivity contribution in [1.29, 1.82) is 0 Å². The smallest absolute Gasteiger partial charge is 0.321 e. The van der Waals surface area contributed by atoms with Crippen LogP contribution in [0.3, 0.4) is 0 Å². The molecule has 3 rings (SSSR count). The first-order chi connectivity index (χ1) is 20.1. The van der Waals surface area contributed by atoms with Gasteiger partial charge in [0.15, 0.2) is 5.92 Å². The normalized spacial score (nSPS) is 32.2. The van der Waals surface area contributed by atoms with Gasteiger partial charge in [0.1, 0.15) is 18.3 Å². The van der Waals surface area contributed by atoms with Crippen molar-refractivity contribution in [1.82, 2.24) is 16.0 Å². The number of hydrogen-bond acceptors (Lipinski definition) is 9. The number of nitrogens with one attached hydrogen (secondary N) is 3. The van der Waals surface area contributed by atoms with Crippen LogP contribution in [0.25, 0.3) is 0 Å². The number of esters is 3. The van der Waals surface area contributed by atoms with E-state index in [1.165, 1.54) is 0 Å². The molecule has 9 nitrogen and oxygen atoms in total. The fourth-order valence-corrected chi connectivity index (χ4v) is 7.41. The average molecular weight is 622 g/mol. The number of hydrogen-bond donors (Lipinski definition) is 3. The van der Waals surface area contributed by atoms with Crippen LogP contribution in [0, 0.1) is 23.7 Å². The predicted octanol–water partition coefficient (Wildman–Crippen LogP) is 5.29. The molecular weight excluding hydrogens is 558 g/mol. The minimum Gasteiger partial charge on any atom is -0.462 e. The van der Waals surface area contributed by atoms with E-state index < -0.39 is 30.2 Å². The Labute approximate surface area is 267 Å². The number of ether oxygens (including phenoxy) is 3. The Morgan fingerprint density at radius 1 is 0.568 bits per heavy atom. The highest BCUT2D eigenvalue weighted by Crippen LogP contribution is 2.32. The largest absolute Gasteiger partial charge is 0.462 e. The number of carbonyl (C=O) groups is 3. The van der Waals surface area contributed by atoms with Crippen molar-refractivity contribution in [3.63, 3.8) is 0 Å². The van der Waals surface area contributed by atoms with Crippen molar-refractivity contribution < 1.29 is 28.6 Å². The van der Waals surface area contributed by atoms with E-state index in [9.17, 15) is 14.4 Å². The van der Waals surface area contributed by atoms with E-state index in [1.54, 1.807) is 0 Å². The lowest BCUT2D eigenvalue weighted by molar-refractivity contribution is -0.176. The topological polar surface area (TPSA) is 115 Å². The number of piperidine rings is 3. The molecule has 0 bridgehead atoms. The van der Waals surface area contributed by atoms with Crippen molar-refractivity contribution >= 4 is 17.9 Å². The van der Waals surface area contributed by atoms with Crippen LogP contribution in [-0.2, 0) is 28.6 Å². The highest BCUT2D eigenvalue weighted by molar-refractivity contribution is 5.98. The molecular formula is C35H63N3O6. The Morgan fingerprint density at radius 2 is 0.864 bits per heavy atom. The van der Waals surface area contributed by atoms with Gasteiger partial charge in [-0.1, -0.05) is 41.5 Å². The maximum atomic E-state index is 13.8. The molecule has 3 fully saturated rings. The van der Waals surface area contributed by atoms with Gasteiger partial charge in [-0.05, 0) is 59.3 Å². The van der Waals surface area contributed by atoms with Crippen LogP contribution in [0.4, 0.5) is 0 Å². The third kappa shape index (κ3) is 10.7. The number of rotatable bonds is 10. The summed E-state index contributed by atoms with van der Waals surface area (Å²) in [6.07, 6.45) is 2.47. The molecule has 0 spiro atoms. The zero-order valence-corrected chi connectivity index (χ0v) is 29.7. The molecule has 6 atom stereocenters. The molecule has 0 aromatic rings. The molecule has 0 saturated carbocycles. The van der Waals surface area contributed by atoms with Gasteiger partial charge in [-0.25, -0.2) is 0 Å². The molecule has 0 radical (unpaired) electrons. The fraction of sp³-hybridized carbons (Fsp3) is 0.914. The third-order valence-electron chi connectivity index (χ3n) is 9.71. The molecule has 0 aliphatic carbocycles. The average Bonchev–Trinajstić information content (AvgIpc) is 2.84. The summed E-state index contributed by atoms with van der Waals surface area (Å²) in [7, 11) is 0. The maximum Gasteiger partial charge on any atom is 0.321 e. The van der Waals surface area contributed by atoms with Crippen LogP contribution in [0.5, 0.6) is 0 Å². The van der Waals surface area contributed by atoms with Gasteiger partial charge in [0.05, 0.1) is 6.42 Å². The molecule has 3 saturated heterocycles. The lowest BCUT2D eigenvalue weighted by Crippen LogP contribution is -2.57. The van der Waals surface area contributed by atoms with Crippen LogP contribution < -0.4 is 16.0 Å². The monoisotopic (exact) mass is 621 g/mol. The van der Waals surface area contributed by atoms with Crippen LogP contribution >= 0.6 is 0 Å². The summed E-state index contributed by atoms with van der Waals surface area (Å²) in [4.78, 5) is 41.0.